The number of nitrogens with one attached hydrogen (secondary N) is 5. The Morgan fingerprint density at radius 3 is 1.59 bits per heavy atom. The number of hydrogen-bond donors (Lipinski definition) is 7. The van der Waals surface area contributed by atoms with Gasteiger partial charge in [0.1, 0.15) is 18.8 Å². The molecule has 27 nitrogen and oxygen atoms in total. The first-order chi connectivity index (χ1) is 38.7. The van der Waals surface area contributed by atoms with Crippen molar-refractivity contribution in [3.63, 3.8) is 0 Å². The summed E-state index contributed by atoms with van der Waals surface area (Å²) in [5, 5.41) is 23.4. The number of fused-ring (bicyclic) bond motifs is 4. The Hall–Kier alpha value is -7.95. The number of aromatic nitrogens is 9. The van der Waals surface area contributed by atoms with Gasteiger partial charge in [-0.15, -0.1) is 0 Å². The number of ether oxygens (including phenoxy) is 2. The molecule has 0 radical (unpaired) electrons. The number of quaternary nitrogens is 1. The third kappa shape index (κ3) is 20.2. The van der Waals surface area contributed by atoms with Crippen molar-refractivity contribution in [1.82, 2.24) is 44.1 Å². The van der Waals surface area contributed by atoms with Gasteiger partial charge in [0.05, 0.1) is 99.5 Å². The second-order valence-corrected chi connectivity index (χ2v) is 24.1. The molecule has 6 aromatic heterocycles. The van der Waals surface area contributed by atoms with Crippen LogP contribution in [0.1, 0.15) is 0 Å². The second-order valence-electron chi connectivity index (χ2n) is 18.3. The molecule has 8 heterocycles. The van der Waals surface area contributed by atoms with Gasteiger partial charge < -0.3 is 42.9 Å². The zero-order valence-corrected chi connectivity index (χ0v) is 47.7. The summed E-state index contributed by atoms with van der Waals surface area (Å²) in [4.78, 5) is 18.1. The lowest BCUT2D eigenvalue weighted by Crippen LogP contribution is -3.09. The van der Waals surface area contributed by atoms with Crippen LogP contribution in [0.4, 0.5) is 34.4 Å². The summed E-state index contributed by atoms with van der Waals surface area (Å²) in [7, 11) is -15.2. The van der Waals surface area contributed by atoms with Crippen molar-refractivity contribution in [2.45, 2.75) is 0 Å². The van der Waals surface area contributed by atoms with Crippen LogP contribution in [0.15, 0.2) is 140 Å². The highest BCUT2D eigenvalue weighted by molar-refractivity contribution is 7.85. The van der Waals surface area contributed by atoms with E-state index in [1.54, 1.807) is 6.20 Å². The normalized spacial score (nSPS) is 13.9. The van der Waals surface area contributed by atoms with Gasteiger partial charge in [0.2, 0.25) is 0 Å². The molecule has 0 saturated carbocycles. The number of anilines is 5. The lowest BCUT2D eigenvalue weighted by molar-refractivity contribution is -0.842. The molecule has 0 bridgehead atoms. The SMILES string of the molecule is CS(=O)(=O)O.CS(=O)(=O)O.CS(=O)(=O)[O-].CS(=O)(=O)[O-].c1cc2c(Nc3ccc([NH+]4CCOCC4)cc3)nc(-c3ccc4cn[nH]c4c3)cn2c1.c1cn2cc(-c3ccc4cn[nH]c4c3)nc(Nc3ccc(N4CCOCC4)cc3)c2n1. The molecule has 31 heteroatoms. The molecule has 10 aromatic rings. The summed E-state index contributed by atoms with van der Waals surface area (Å²) in [6, 6.07) is 33.6. The van der Waals surface area contributed by atoms with Gasteiger partial charge in [-0.05, 0) is 60.7 Å². The monoisotopic (exact) mass is 1200 g/mol. The molecule has 0 aliphatic carbocycles. The first-order valence-corrected chi connectivity index (χ1v) is 31.8. The molecule has 0 spiro atoms. The van der Waals surface area contributed by atoms with E-state index in [0.29, 0.717) is 30.8 Å². The van der Waals surface area contributed by atoms with Crippen LogP contribution in [0, 0.1) is 0 Å². The van der Waals surface area contributed by atoms with Crippen LogP contribution in [0.5, 0.6) is 0 Å². The fourth-order valence-electron chi connectivity index (χ4n) is 8.17. The largest absolute Gasteiger partial charge is 0.748 e. The number of nitrogens with zero attached hydrogens (tertiary/aromatic N) is 8. The maximum atomic E-state index is 9.19. The van der Waals surface area contributed by atoms with E-state index in [0.717, 1.165) is 125 Å². The molecule has 2 fully saturated rings. The van der Waals surface area contributed by atoms with E-state index < -0.39 is 40.5 Å². The van der Waals surface area contributed by atoms with Gasteiger partial charge in [0.25, 0.3) is 20.2 Å². The smallest absolute Gasteiger partial charge is 0.261 e. The highest BCUT2D eigenvalue weighted by Gasteiger charge is 2.18. The van der Waals surface area contributed by atoms with E-state index in [4.69, 9.17) is 54.5 Å². The van der Waals surface area contributed by atoms with Crippen molar-refractivity contribution in [2.75, 3.05) is 93.2 Å². The number of rotatable bonds is 8. The zero-order chi connectivity index (χ0) is 59.2. The van der Waals surface area contributed by atoms with Crippen LogP contribution in [-0.4, -0.2) is 174 Å². The molecule has 2 aliphatic heterocycles. The van der Waals surface area contributed by atoms with Crippen LogP contribution in [0.2, 0.25) is 0 Å². The lowest BCUT2D eigenvalue weighted by atomic mass is 10.1. The number of morpholine rings is 2. The van der Waals surface area contributed by atoms with E-state index in [9.17, 15) is 16.8 Å². The Morgan fingerprint density at radius 2 is 1.06 bits per heavy atom. The topological polar surface area (TPSA) is 378 Å². The number of aromatic amines is 2. The minimum Gasteiger partial charge on any atom is -0.748 e. The van der Waals surface area contributed by atoms with E-state index in [1.807, 2.05) is 47.5 Å². The molecule has 7 N–H and O–H groups in total. The van der Waals surface area contributed by atoms with Gasteiger partial charge in [-0.3, -0.25) is 24.2 Å². The van der Waals surface area contributed by atoms with Gasteiger partial charge in [0, 0.05) is 108 Å². The van der Waals surface area contributed by atoms with Crippen LogP contribution in [-0.2, 0) is 49.9 Å². The summed E-state index contributed by atoms with van der Waals surface area (Å²) in [6.45, 7) is 7.07. The molecule has 12 rings (SSSR count). The number of benzene rings is 4. The quantitative estimate of drug-likeness (QED) is 0.104. The maximum Gasteiger partial charge on any atom is 0.261 e. The maximum absolute atomic E-state index is 9.19. The number of imidazole rings is 1. The number of hydrogen-bond acceptors (Lipinski definition) is 20. The molecule has 436 valence electrons. The Kier molecular flexibility index (Phi) is 20.5. The van der Waals surface area contributed by atoms with E-state index >= 15 is 0 Å². The predicted octanol–water partition coefficient (Wildman–Crippen LogP) is 4.35. The average molecular weight is 1210 g/mol. The Morgan fingerprint density at radius 1 is 0.598 bits per heavy atom. The Labute approximate surface area is 472 Å². The molecule has 82 heavy (non-hydrogen) atoms. The predicted molar refractivity (Wildman–Crippen MR) is 308 cm³/mol. The van der Waals surface area contributed by atoms with E-state index in [2.05, 4.69) is 136 Å². The summed E-state index contributed by atoms with van der Waals surface area (Å²) >= 11 is 0. The molecule has 2 saturated heterocycles. The fraction of sp³-hybridized carbons (Fsp3) is 0.235. The van der Waals surface area contributed by atoms with Gasteiger partial charge in [-0.25, -0.2) is 31.8 Å². The first kappa shape index (κ1) is 61.7. The van der Waals surface area contributed by atoms with Crippen molar-refractivity contribution in [2.24, 2.45) is 0 Å². The van der Waals surface area contributed by atoms with Crippen molar-refractivity contribution in [3.8, 4) is 22.5 Å². The molecule has 4 aromatic carbocycles. The third-order valence-electron chi connectivity index (χ3n) is 11.5. The van der Waals surface area contributed by atoms with Crippen LogP contribution in [0.3, 0.4) is 0 Å². The average Bonchev–Trinajstić information content (AvgIpc) is 4.45. The van der Waals surface area contributed by atoms with Gasteiger partial charge in [-0.1, -0.05) is 24.3 Å². The lowest BCUT2D eigenvalue weighted by Gasteiger charge is -2.28. The Bertz CT molecular complexity index is 3840. The second kappa shape index (κ2) is 27.2. The summed E-state index contributed by atoms with van der Waals surface area (Å²) in [6.07, 6.45) is 16.1. The van der Waals surface area contributed by atoms with Crippen molar-refractivity contribution >= 4 is 108 Å². The standard InChI is InChI=1S/C24H22N6O.C23H21N7O.4CH4O3S/c1-2-23-24(26-19-5-7-20(8-6-19)29-10-12-31-13-11-29)27-22(16-30(23)9-1)17-3-4-18-15-25-28-21(18)14-17;1-2-17-14-25-28-20(17)13-16(1)21-15-30-8-7-24-23(30)22(27-21)26-18-3-5-19(6-4-18)29-9-11-31-12-10-29;4*1-5(2,3)4/h1-9,14-16H,10-13H2,(H,25,28)(H,26,27);1-8,13-15H,9-12H2,(H,25,28)(H,26,27);4*1H3,(H,2,3,4)/p-1. The van der Waals surface area contributed by atoms with Gasteiger partial charge in [0.15, 0.2) is 17.3 Å². The molecular weight excluding hydrogens is 1150 g/mol. The van der Waals surface area contributed by atoms with E-state index in [-0.39, 0.29) is 0 Å². The van der Waals surface area contributed by atoms with E-state index in [1.165, 1.54) is 16.3 Å². The van der Waals surface area contributed by atoms with Crippen molar-refractivity contribution in [3.05, 3.63) is 140 Å². The third-order valence-corrected chi connectivity index (χ3v) is 11.5. The van der Waals surface area contributed by atoms with Crippen LogP contribution in [0.25, 0.3) is 55.5 Å². The molecule has 2 aliphatic rings. The van der Waals surface area contributed by atoms with Gasteiger partial charge in [-0.2, -0.15) is 27.0 Å². The minimum absolute atomic E-state index is 0.604. The summed E-state index contributed by atoms with van der Waals surface area (Å²) in [5.74, 6) is 1.55. The van der Waals surface area contributed by atoms with Crippen LogP contribution < -0.4 is 20.4 Å². The summed E-state index contributed by atoms with van der Waals surface area (Å²) < 4.78 is 121. The number of H-pyrrole nitrogens is 2. The van der Waals surface area contributed by atoms with Crippen molar-refractivity contribution < 1.29 is 66.3 Å². The van der Waals surface area contributed by atoms with Gasteiger partial charge >= 0.3 is 0 Å². The van der Waals surface area contributed by atoms with Crippen molar-refractivity contribution in [1.29, 1.82) is 0 Å². The fourth-order valence-corrected chi connectivity index (χ4v) is 8.17. The Balaban J connectivity index is 0.000000178. The van der Waals surface area contributed by atoms with Crippen LogP contribution >= 0.6 is 0 Å². The summed E-state index contributed by atoms with van der Waals surface area (Å²) in [5.41, 5.74) is 12.1. The first-order valence-electron chi connectivity index (χ1n) is 24.5. The molecule has 0 amide bonds. The zero-order valence-electron chi connectivity index (χ0n) is 44.4. The molecular formula is C51H58N13O14S4-. The highest BCUT2D eigenvalue weighted by Crippen LogP contribution is 2.30. The minimum atomic E-state index is -3.92. The highest BCUT2D eigenvalue weighted by atomic mass is 32.2. The molecule has 0 atom stereocenters. The molecule has 0 unspecified atom stereocenters.